The molecule has 0 bridgehead atoms. The third-order valence-electron chi connectivity index (χ3n) is 6.67. The van der Waals surface area contributed by atoms with Crippen LogP contribution in [0.3, 0.4) is 0 Å². The van der Waals surface area contributed by atoms with E-state index in [2.05, 4.69) is 27.1 Å². The summed E-state index contributed by atoms with van der Waals surface area (Å²) in [5, 5.41) is 3.32. The fraction of sp³-hybridized carbons (Fsp3) is 0.458. The second-order valence-electron chi connectivity index (χ2n) is 9.01. The van der Waals surface area contributed by atoms with Gasteiger partial charge in [-0.05, 0) is 64.0 Å². The highest BCUT2D eigenvalue weighted by molar-refractivity contribution is 5.98. The molecule has 3 N–H and O–H groups in total. The van der Waals surface area contributed by atoms with E-state index in [1.807, 2.05) is 14.1 Å². The Morgan fingerprint density at radius 3 is 2.57 bits per heavy atom. The van der Waals surface area contributed by atoms with E-state index in [-0.39, 0.29) is 41.2 Å². The molecule has 0 spiro atoms. The number of nitrogens with two attached hydrogens (primary N) is 1. The van der Waals surface area contributed by atoms with E-state index in [1.165, 1.54) is 19.2 Å². The van der Waals surface area contributed by atoms with Crippen LogP contribution in [0.2, 0.25) is 0 Å². The summed E-state index contributed by atoms with van der Waals surface area (Å²) in [6.45, 7) is 2.09. The third-order valence-corrected chi connectivity index (χ3v) is 6.67. The molecule has 1 saturated carbocycles. The van der Waals surface area contributed by atoms with Crippen molar-refractivity contribution in [3.63, 3.8) is 0 Å². The largest absolute Gasteiger partial charge is 0.494 e. The first kappa shape index (κ1) is 24.9. The summed E-state index contributed by atoms with van der Waals surface area (Å²) in [7, 11) is 5.41. The molecule has 11 heteroatoms. The van der Waals surface area contributed by atoms with Crippen LogP contribution in [-0.4, -0.2) is 54.1 Å². The number of benzene rings is 1. The van der Waals surface area contributed by atoms with Gasteiger partial charge in [0.2, 0.25) is 5.89 Å². The number of nitrogens with one attached hydrogen (secondary N) is 1. The van der Waals surface area contributed by atoms with Gasteiger partial charge in [-0.1, -0.05) is 0 Å². The molecular weight excluding hydrogens is 463 g/mol. The predicted octanol–water partition coefficient (Wildman–Crippen LogP) is 3.83. The zero-order chi connectivity index (χ0) is 25.5. The van der Waals surface area contributed by atoms with Gasteiger partial charge in [0.05, 0.1) is 13.7 Å². The molecule has 1 aliphatic rings. The van der Waals surface area contributed by atoms with Gasteiger partial charge in [0.1, 0.15) is 17.0 Å². The maximum atomic E-state index is 13.2. The van der Waals surface area contributed by atoms with Crippen molar-refractivity contribution < 1.29 is 27.1 Å². The summed E-state index contributed by atoms with van der Waals surface area (Å²) < 4.78 is 50.6. The zero-order valence-electron chi connectivity index (χ0n) is 19.9. The molecule has 4 rings (SSSR count). The summed E-state index contributed by atoms with van der Waals surface area (Å²) in [5.41, 5.74) is 5.21. The van der Waals surface area contributed by atoms with Crippen LogP contribution in [0.15, 0.2) is 28.7 Å². The lowest BCUT2D eigenvalue weighted by atomic mass is 9.75. The fourth-order valence-electron chi connectivity index (χ4n) is 4.33. The summed E-state index contributed by atoms with van der Waals surface area (Å²) in [5.74, 6) is 0.537. The molecule has 1 aromatic carbocycles. The molecule has 1 atom stereocenters. The summed E-state index contributed by atoms with van der Waals surface area (Å²) >= 11 is 0. The number of aromatic nitrogens is 2. The molecule has 0 aliphatic heterocycles. The van der Waals surface area contributed by atoms with Gasteiger partial charge in [-0.3, -0.25) is 4.79 Å². The van der Waals surface area contributed by atoms with Crippen molar-refractivity contribution in [1.29, 1.82) is 0 Å². The molecule has 2 heterocycles. The number of oxazole rings is 1. The predicted molar refractivity (Wildman–Crippen MR) is 124 cm³/mol. The Morgan fingerprint density at radius 1 is 1.26 bits per heavy atom. The van der Waals surface area contributed by atoms with E-state index in [1.54, 1.807) is 6.07 Å². The lowest BCUT2D eigenvalue weighted by Crippen LogP contribution is -2.50. The van der Waals surface area contributed by atoms with Crippen LogP contribution >= 0.6 is 0 Å². The van der Waals surface area contributed by atoms with Crippen LogP contribution in [-0.2, 0) is 12.7 Å². The number of carbonyl (C=O) groups is 1. The number of hydrogen-bond donors (Lipinski definition) is 2. The number of pyridine rings is 1. The first-order valence-electron chi connectivity index (χ1n) is 11.3. The average Bonchev–Trinajstić information content (AvgIpc) is 3.23. The van der Waals surface area contributed by atoms with E-state index >= 15 is 0 Å². The minimum absolute atomic E-state index is 0.00819. The van der Waals surface area contributed by atoms with Gasteiger partial charge in [0.15, 0.2) is 11.5 Å². The number of hydrogen-bond acceptors (Lipinski definition) is 7. The number of amides is 1. The smallest absolute Gasteiger partial charge is 0.433 e. The minimum Gasteiger partial charge on any atom is -0.494 e. The van der Waals surface area contributed by atoms with Crippen LogP contribution in [0.4, 0.5) is 13.2 Å². The maximum absolute atomic E-state index is 13.2. The molecule has 0 radical (unpaired) electrons. The number of nitrogens with zero attached hydrogens (tertiary/aromatic N) is 3. The highest BCUT2D eigenvalue weighted by Crippen LogP contribution is 2.37. The number of methoxy groups -OCH3 is 1. The Morgan fingerprint density at radius 2 is 1.97 bits per heavy atom. The molecule has 3 aromatic rings. The molecule has 35 heavy (non-hydrogen) atoms. The van der Waals surface area contributed by atoms with Crippen LogP contribution < -0.4 is 15.8 Å². The average molecular weight is 492 g/mol. The van der Waals surface area contributed by atoms with Gasteiger partial charge in [0.25, 0.3) is 5.91 Å². The molecule has 1 amide bonds. The Labute approximate surface area is 200 Å². The summed E-state index contributed by atoms with van der Waals surface area (Å²) in [4.78, 5) is 23.2. The number of halogens is 3. The number of ether oxygens (including phenoxy) is 1. The van der Waals surface area contributed by atoms with E-state index < -0.39 is 17.8 Å². The van der Waals surface area contributed by atoms with Gasteiger partial charge >= 0.3 is 6.18 Å². The van der Waals surface area contributed by atoms with Crippen molar-refractivity contribution in [2.75, 3.05) is 21.2 Å². The highest BCUT2D eigenvalue weighted by atomic mass is 19.4. The van der Waals surface area contributed by atoms with Crippen LogP contribution in [0, 0.1) is 5.92 Å². The van der Waals surface area contributed by atoms with E-state index in [0.29, 0.717) is 22.9 Å². The third kappa shape index (κ3) is 4.83. The molecule has 8 nitrogen and oxygen atoms in total. The van der Waals surface area contributed by atoms with Gasteiger partial charge in [-0.25, -0.2) is 9.97 Å². The topological polar surface area (TPSA) is 107 Å². The second-order valence-corrected chi connectivity index (χ2v) is 9.01. The minimum atomic E-state index is -4.61. The number of rotatable bonds is 7. The molecule has 0 saturated heterocycles. The fourth-order valence-corrected chi connectivity index (χ4v) is 4.33. The van der Waals surface area contributed by atoms with E-state index in [0.717, 1.165) is 18.9 Å². The molecule has 1 aliphatic carbocycles. The number of fused-ring (bicyclic) bond motifs is 1. The van der Waals surface area contributed by atoms with Crippen molar-refractivity contribution in [1.82, 2.24) is 20.2 Å². The van der Waals surface area contributed by atoms with Crippen molar-refractivity contribution in [3.05, 3.63) is 41.4 Å². The first-order chi connectivity index (χ1) is 16.5. The molecule has 1 fully saturated rings. The van der Waals surface area contributed by atoms with Crippen molar-refractivity contribution >= 4 is 16.8 Å². The number of alkyl halides is 3. The van der Waals surface area contributed by atoms with Crippen molar-refractivity contribution in [3.8, 4) is 17.2 Å². The standard InChI is InChI=1S/C24H28F3N5O3/c1-12(32(2)3)13-9-14(10-13)29-22(33)21-18(11-28)35-23(31-21)16-5-7-17(34-4)20-15(16)6-8-19(30-20)24(25,26)27/h5-8,12-14H,9-11,28H2,1-4H3,(H,29,33). The van der Waals surface area contributed by atoms with Gasteiger partial charge in [-0.2, -0.15) is 13.2 Å². The Kier molecular flexibility index (Phi) is 6.74. The normalized spacial score (nSPS) is 19.0. The maximum Gasteiger partial charge on any atom is 0.433 e. The van der Waals surface area contributed by atoms with Gasteiger partial charge in [0, 0.05) is 23.0 Å². The van der Waals surface area contributed by atoms with Crippen molar-refractivity contribution in [2.24, 2.45) is 11.7 Å². The Balaban J connectivity index is 1.63. The van der Waals surface area contributed by atoms with Crippen molar-refractivity contribution in [2.45, 2.75) is 44.6 Å². The van der Waals surface area contributed by atoms with Crippen LogP contribution in [0.1, 0.15) is 41.7 Å². The lowest BCUT2D eigenvalue weighted by molar-refractivity contribution is -0.140. The van der Waals surface area contributed by atoms with Crippen LogP contribution in [0.25, 0.3) is 22.4 Å². The second kappa shape index (κ2) is 9.46. The van der Waals surface area contributed by atoms with E-state index in [4.69, 9.17) is 14.9 Å². The molecular formula is C24H28F3N5O3. The number of carbonyl (C=O) groups excluding carboxylic acids is 1. The zero-order valence-corrected chi connectivity index (χ0v) is 19.9. The molecule has 2 aromatic heterocycles. The molecule has 188 valence electrons. The molecule has 1 unspecified atom stereocenters. The Bertz CT molecular complexity index is 1240. The summed E-state index contributed by atoms with van der Waals surface area (Å²) in [6.07, 6.45) is -2.88. The lowest BCUT2D eigenvalue weighted by Gasteiger charge is -2.41. The SMILES string of the molecule is COc1ccc(-c2nc(C(=O)NC3CC(C(C)N(C)C)C3)c(CN)o2)c2ccc(C(F)(F)F)nc12. The van der Waals surface area contributed by atoms with Crippen LogP contribution in [0.5, 0.6) is 5.75 Å². The quantitative estimate of drug-likeness (QED) is 0.517. The first-order valence-corrected chi connectivity index (χ1v) is 11.3. The van der Waals surface area contributed by atoms with Gasteiger partial charge in [-0.15, -0.1) is 0 Å². The monoisotopic (exact) mass is 491 g/mol. The Hall–Kier alpha value is -3.18. The van der Waals surface area contributed by atoms with E-state index in [9.17, 15) is 18.0 Å². The van der Waals surface area contributed by atoms with Gasteiger partial charge < -0.3 is 25.1 Å². The highest BCUT2D eigenvalue weighted by Gasteiger charge is 2.36. The summed E-state index contributed by atoms with van der Waals surface area (Å²) in [6, 6.07) is 5.70.